The van der Waals surface area contributed by atoms with Gasteiger partial charge in [0, 0.05) is 6.42 Å². The second kappa shape index (κ2) is 4.07. The summed E-state index contributed by atoms with van der Waals surface area (Å²) in [6.45, 7) is 2.48. The monoisotopic (exact) mass is 167 g/mol. The van der Waals surface area contributed by atoms with Gasteiger partial charge in [0.15, 0.2) is 11.5 Å². The van der Waals surface area contributed by atoms with Gasteiger partial charge in [0.05, 0.1) is 6.26 Å². The van der Waals surface area contributed by atoms with Crippen LogP contribution in [0, 0.1) is 5.92 Å². The molecule has 1 atom stereocenters. The van der Waals surface area contributed by atoms with E-state index in [1.807, 2.05) is 6.92 Å². The highest BCUT2D eigenvalue weighted by Gasteiger charge is 2.11. The summed E-state index contributed by atoms with van der Waals surface area (Å²) in [5.41, 5.74) is 5.39. The van der Waals surface area contributed by atoms with Gasteiger partial charge in [-0.05, 0) is 24.6 Å². The van der Waals surface area contributed by atoms with E-state index in [-0.39, 0.29) is 11.7 Å². The lowest BCUT2D eigenvalue weighted by Crippen LogP contribution is -2.14. The molecule has 2 N–H and O–H groups in total. The predicted octanol–water partition coefficient (Wildman–Crippen LogP) is 1.45. The average molecular weight is 167 g/mol. The first kappa shape index (κ1) is 9.00. The van der Waals surface area contributed by atoms with Crippen molar-refractivity contribution in [3.05, 3.63) is 24.2 Å². The lowest BCUT2D eigenvalue weighted by molar-refractivity contribution is 0.0938. The van der Waals surface area contributed by atoms with Gasteiger partial charge in [-0.3, -0.25) is 4.79 Å². The summed E-state index contributed by atoms with van der Waals surface area (Å²) in [7, 11) is 0. The third kappa shape index (κ3) is 2.20. The largest absolute Gasteiger partial charge is 0.461 e. The lowest BCUT2D eigenvalue weighted by Gasteiger charge is -2.04. The van der Waals surface area contributed by atoms with Crippen molar-refractivity contribution >= 4 is 5.78 Å². The standard InChI is InChI=1S/C9H13NO2/c1-7(6-10)5-8(11)9-3-2-4-12-9/h2-4,7H,5-6,10H2,1H3. The molecule has 0 amide bonds. The predicted molar refractivity (Wildman–Crippen MR) is 45.9 cm³/mol. The third-order valence-electron chi connectivity index (χ3n) is 1.73. The van der Waals surface area contributed by atoms with Crippen LogP contribution in [0.1, 0.15) is 23.9 Å². The Bertz CT molecular complexity index is 241. The maximum absolute atomic E-state index is 11.3. The summed E-state index contributed by atoms with van der Waals surface area (Å²) in [6.07, 6.45) is 1.96. The molecule has 0 bridgehead atoms. The van der Waals surface area contributed by atoms with E-state index in [9.17, 15) is 4.79 Å². The smallest absolute Gasteiger partial charge is 0.198 e. The van der Waals surface area contributed by atoms with Crippen molar-refractivity contribution in [2.75, 3.05) is 6.54 Å². The Morgan fingerprint density at radius 1 is 1.75 bits per heavy atom. The number of carbonyl (C=O) groups excluding carboxylic acids is 1. The molecule has 1 aromatic rings. The summed E-state index contributed by atoms with van der Waals surface area (Å²) in [4.78, 5) is 11.3. The Labute approximate surface area is 71.6 Å². The van der Waals surface area contributed by atoms with Crippen LogP contribution in [0.4, 0.5) is 0 Å². The minimum Gasteiger partial charge on any atom is -0.461 e. The summed E-state index contributed by atoms with van der Waals surface area (Å²) in [5, 5.41) is 0. The van der Waals surface area contributed by atoms with E-state index in [4.69, 9.17) is 10.2 Å². The van der Waals surface area contributed by atoms with E-state index in [1.54, 1.807) is 12.1 Å². The van der Waals surface area contributed by atoms with Gasteiger partial charge in [0.25, 0.3) is 0 Å². The Kier molecular flexibility index (Phi) is 3.05. The zero-order valence-electron chi connectivity index (χ0n) is 7.12. The zero-order chi connectivity index (χ0) is 8.97. The van der Waals surface area contributed by atoms with Crippen LogP contribution in [-0.4, -0.2) is 12.3 Å². The van der Waals surface area contributed by atoms with Crippen molar-refractivity contribution in [1.82, 2.24) is 0 Å². The van der Waals surface area contributed by atoms with Crippen molar-refractivity contribution in [3.63, 3.8) is 0 Å². The zero-order valence-corrected chi connectivity index (χ0v) is 7.12. The van der Waals surface area contributed by atoms with Crippen molar-refractivity contribution in [3.8, 4) is 0 Å². The van der Waals surface area contributed by atoms with Crippen molar-refractivity contribution < 1.29 is 9.21 Å². The van der Waals surface area contributed by atoms with Crippen molar-refractivity contribution in [1.29, 1.82) is 0 Å². The van der Waals surface area contributed by atoms with Gasteiger partial charge in [0.1, 0.15) is 0 Å². The summed E-state index contributed by atoms with van der Waals surface area (Å²) < 4.78 is 4.95. The van der Waals surface area contributed by atoms with Gasteiger partial charge >= 0.3 is 0 Å². The molecule has 0 fully saturated rings. The molecule has 0 radical (unpaired) electrons. The molecule has 0 aliphatic rings. The summed E-state index contributed by atoms with van der Waals surface area (Å²) in [5.74, 6) is 0.677. The quantitative estimate of drug-likeness (QED) is 0.690. The van der Waals surface area contributed by atoms with Crippen LogP contribution in [0.15, 0.2) is 22.8 Å². The van der Waals surface area contributed by atoms with Crippen LogP contribution in [0.25, 0.3) is 0 Å². The SMILES string of the molecule is CC(CN)CC(=O)c1ccco1. The Hall–Kier alpha value is -1.09. The maximum Gasteiger partial charge on any atom is 0.198 e. The molecule has 0 saturated carbocycles. The van der Waals surface area contributed by atoms with Gasteiger partial charge < -0.3 is 10.2 Å². The molecule has 1 heterocycles. The topological polar surface area (TPSA) is 56.2 Å². The van der Waals surface area contributed by atoms with Crippen LogP contribution in [-0.2, 0) is 0 Å². The Morgan fingerprint density at radius 3 is 3.00 bits per heavy atom. The van der Waals surface area contributed by atoms with Crippen molar-refractivity contribution in [2.45, 2.75) is 13.3 Å². The molecule has 1 rings (SSSR count). The molecule has 0 spiro atoms. The molecule has 1 unspecified atom stereocenters. The fourth-order valence-electron chi connectivity index (χ4n) is 0.938. The third-order valence-corrected chi connectivity index (χ3v) is 1.73. The number of ketones is 1. The van der Waals surface area contributed by atoms with E-state index in [1.165, 1.54) is 6.26 Å². The molecule has 66 valence electrons. The van der Waals surface area contributed by atoms with Gasteiger partial charge in [0.2, 0.25) is 0 Å². The Morgan fingerprint density at radius 2 is 2.50 bits per heavy atom. The number of hydrogen-bond donors (Lipinski definition) is 1. The van der Waals surface area contributed by atoms with E-state index in [0.717, 1.165) is 0 Å². The molecular weight excluding hydrogens is 154 g/mol. The van der Waals surface area contributed by atoms with E-state index >= 15 is 0 Å². The number of furan rings is 1. The molecule has 0 aromatic carbocycles. The van der Waals surface area contributed by atoms with Crippen LogP contribution >= 0.6 is 0 Å². The van der Waals surface area contributed by atoms with Crippen LogP contribution in [0.5, 0.6) is 0 Å². The number of Topliss-reactive ketones (excluding diaryl/α,β-unsaturated/α-hetero) is 1. The maximum atomic E-state index is 11.3. The molecule has 12 heavy (non-hydrogen) atoms. The van der Waals surface area contributed by atoms with Crippen LogP contribution < -0.4 is 5.73 Å². The first-order valence-electron chi connectivity index (χ1n) is 4.00. The Balaban J connectivity index is 2.50. The molecule has 0 saturated heterocycles. The van der Waals surface area contributed by atoms with E-state index < -0.39 is 0 Å². The minimum atomic E-state index is 0.0259. The second-order valence-corrected chi connectivity index (χ2v) is 2.95. The van der Waals surface area contributed by atoms with E-state index in [2.05, 4.69) is 0 Å². The van der Waals surface area contributed by atoms with Gasteiger partial charge in [-0.1, -0.05) is 6.92 Å². The first-order valence-corrected chi connectivity index (χ1v) is 4.00. The summed E-state index contributed by atoms with van der Waals surface area (Å²) in [6, 6.07) is 3.38. The van der Waals surface area contributed by atoms with Gasteiger partial charge in [-0.2, -0.15) is 0 Å². The van der Waals surface area contributed by atoms with Crippen LogP contribution in [0.3, 0.4) is 0 Å². The summed E-state index contributed by atoms with van der Waals surface area (Å²) >= 11 is 0. The molecular formula is C9H13NO2. The normalized spacial score (nSPS) is 12.8. The number of carbonyl (C=O) groups is 1. The fraction of sp³-hybridized carbons (Fsp3) is 0.444. The first-order chi connectivity index (χ1) is 5.74. The van der Waals surface area contributed by atoms with Gasteiger partial charge in [-0.25, -0.2) is 0 Å². The highest BCUT2D eigenvalue weighted by Crippen LogP contribution is 2.08. The minimum absolute atomic E-state index is 0.0259. The molecule has 1 aromatic heterocycles. The highest BCUT2D eigenvalue weighted by atomic mass is 16.3. The van der Waals surface area contributed by atoms with Gasteiger partial charge in [-0.15, -0.1) is 0 Å². The fourth-order valence-corrected chi connectivity index (χ4v) is 0.938. The lowest BCUT2D eigenvalue weighted by atomic mass is 10.0. The van der Waals surface area contributed by atoms with E-state index in [0.29, 0.717) is 18.7 Å². The number of hydrogen-bond acceptors (Lipinski definition) is 3. The average Bonchev–Trinajstić information content (AvgIpc) is 2.56. The number of nitrogens with two attached hydrogens (primary N) is 1. The molecule has 3 heteroatoms. The van der Waals surface area contributed by atoms with Crippen molar-refractivity contribution in [2.24, 2.45) is 11.7 Å². The second-order valence-electron chi connectivity index (χ2n) is 2.95. The molecule has 0 aliphatic heterocycles. The molecule has 0 aliphatic carbocycles. The number of rotatable bonds is 4. The molecule has 3 nitrogen and oxygen atoms in total. The van der Waals surface area contributed by atoms with Crippen LogP contribution in [0.2, 0.25) is 0 Å². The highest BCUT2D eigenvalue weighted by molar-refractivity contribution is 5.93.